The predicted octanol–water partition coefficient (Wildman–Crippen LogP) is -1.37. The van der Waals surface area contributed by atoms with E-state index in [0.29, 0.717) is 28.9 Å². The summed E-state index contributed by atoms with van der Waals surface area (Å²) < 4.78 is 18.6. The van der Waals surface area contributed by atoms with Crippen LogP contribution in [0.4, 0.5) is 9.59 Å². The zero-order chi connectivity index (χ0) is 58.7. The van der Waals surface area contributed by atoms with E-state index in [1.165, 1.54) is 16.9 Å². The van der Waals surface area contributed by atoms with Gasteiger partial charge in [-0.15, -0.1) is 0 Å². The Hall–Kier alpha value is -5.46. The van der Waals surface area contributed by atoms with E-state index in [2.05, 4.69) is 20.6 Å². The van der Waals surface area contributed by atoms with Gasteiger partial charge in [-0.2, -0.15) is 0 Å². The molecule has 5 amide bonds. The molecule has 10 N–H and O–H groups in total. The zero-order valence-electron chi connectivity index (χ0n) is 52.5. The normalized spacial score (nSPS) is 19.0. The fourth-order valence-electron chi connectivity index (χ4n) is 10.8. The molecule has 464 valence electrons. The van der Waals surface area contributed by atoms with Gasteiger partial charge in [0.25, 0.3) is 0 Å². The molecule has 4 aliphatic rings. The quantitative estimate of drug-likeness (QED) is 0.0282. The molecule has 4 fully saturated rings. The molecule has 85 heavy (non-hydrogen) atoms. The Labute approximate surface area is 536 Å². The zero-order valence-corrected chi connectivity index (χ0v) is 50.5. The number of ether oxygens (including phenoxy) is 3. The largest absolute Gasteiger partial charge is 1.00 e. The average Bonchev–Trinajstić information content (AvgIpc) is 3.29. The summed E-state index contributed by atoms with van der Waals surface area (Å²) in [6.45, 7) is 16.7. The minimum absolute atomic E-state index is 0. The molecule has 2 aliphatic carbocycles. The van der Waals surface area contributed by atoms with Crippen LogP contribution in [0.15, 0.2) is 58.1 Å². The second-order valence-electron chi connectivity index (χ2n) is 23.8. The van der Waals surface area contributed by atoms with Crippen molar-refractivity contribution in [3.63, 3.8) is 0 Å². The molecule has 4 aromatic rings. The number of rotatable bonds is 11. The van der Waals surface area contributed by atoms with Crippen molar-refractivity contribution in [2.45, 2.75) is 196 Å². The van der Waals surface area contributed by atoms with Crippen LogP contribution in [-0.4, -0.2) is 148 Å². The Kier molecular flexibility index (Phi) is 34.0. The number of nitrogens with one attached hydrogen (secondary N) is 4. The summed E-state index contributed by atoms with van der Waals surface area (Å²) in [5.41, 5.74) is 5.73. The van der Waals surface area contributed by atoms with Crippen molar-refractivity contribution in [3.8, 4) is 0 Å². The van der Waals surface area contributed by atoms with Crippen LogP contribution < -0.4 is 84.3 Å². The van der Waals surface area contributed by atoms with Crippen molar-refractivity contribution in [1.82, 2.24) is 39.5 Å². The number of carboxylic acids is 1. The summed E-state index contributed by atoms with van der Waals surface area (Å²) in [4.78, 5) is 120. The van der Waals surface area contributed by atoms with Crippen LogP contribution in [0.2, 0.25) is 0 Å². The van der Waals surface area contributed by atoms with Gasteiger partial charge in [-0.05, 0) is 100 Å². The number of nitrogens with two attached hydrogens (primary N) is 1. The number of amides is 5. The number of likely N-dealkylation sites (tertiary alicyclic amines) is 2. The number of carbonyl (C=O) groups is 7. The molecule has 2 saturated heterocycles. The molecule has 4 heterocycles. The number of aromatic nitrogens is 4. The number of carbonyl (C=O) groups excluding carboxylic acids is 6. The summed E-state index contributed by atoms with van der Waals surface area (Å²) in [6.07, 6.45) is 7.94. The smallest absolute Gasteiger partial charge is 1.00 e. The third kappa shape index (κ3) is 21.7. The van der Waals surface area contributed by atoms with Crippen LogP contribution in [0.3, 0.4) is 0 Å². The Bertz CT molecular complexity index is 2930. The van der Waals surface area contributed by atoms with Crippen LogP contribution in [0.1, 0.15) is 163 Å². The van der Waals surface area contributed by atoms with Gasteiger partial charge in [-0.25, -0.2) is 28.8 Å². The number of fused-ring (bicyclic) bond motifs is 2. The maximum atomic E-state index is 13.7. The van der Waals surface area contributed by atoms with E-state index in [1.54, 1.807) is 42.0 Å². The number of hydrogen-bond acceptors (Lipinski definition) is 15. The number of imidazole rings is 2. The van der Waals surface area contributed by atoms with Gasteiger partial charge in [-0.3, -0.25) is 38.9 Å². The minimum atomic E-state index is -1.12. The third-order valence-electron chi connectivity index (χ3n) is 14.6. The van der Waals surface area contributed by atoms with Crippen LogP contribution in [-0.2, 0) is 38.2 Å². The molecule has 2 aromatic heterocycles. The molecule has 2 aliphatic heterocycles. The second kappa shape index (κ2) is 35.4. The van der Waals surface area contributed by atoms with E-state index in [9.17, 15) is 48.3 Å². The summed E-state index contributed by atoms with van der Waals surface area (Å²) in [5, 5.41) is 27.4. The number of aromatic amines is 2. The maximum Gasteiger partial charge on any atom is 1.00 e. The van der Waals surface area contributed by atoms with Gasteiger partial charge in [0.05, 0.1) is 41.3 Å². The number of hydrogen-bond donors (Lipinski definition) is 8. The molecule has 8 rings (SSSR count). The summed E-state index contributed by atoms with van der Waals surface area (Å²) in [7, 11) is 1.28. The van der Waals surface area contributed by atoms with E-state index >= 15 is 0 Å². The average molecular weight is 1180 g/mol. The van der Waals surface area contributed by atoms with Crippen LogP contribution >= 0.6 is 0 Å². The number of para-hydroxylation sites is 4. The van der Waals surface area contributed by atoms with Gasteiger partial charge in [0.2, 0.25) is 17.7 Å². The van der Waals surface area contributed by atoms with E-state index in [0.717, 1.165) is 56.9 Å². The molecule has 28 heteroatoms. The van der Waals surface area contributed by atoms with Gasteiger partial charge in [0.15, 0.2) is 0 Å². The first-order valence-corrected chi connectivity index (χ1v) is 26.8. The Morgan fingerprint density at radius 3 is 1.54 bits per heavy atom. The Balaban J connectivity index is -0.000000586. The molecule has 0 bridgehead atoms. The third-order valence-corrected chi connectivity index (χ3v) is 14.6. The number of H-pyrrole nitrogens is 2. The molecule has 6 atom stereocenters. The van der Waals surface area contributed by atoms with Crippen molar-refractivity contribution < 1.29 is 128 Å². The van der Waals surface area contributed by atoms with E-state index in [-0.39, 0.29) is 135 Å². The van der Waals surface area contributed by atoms with E-state index in [1.807, 2.05) is 77.9 Å². The van der Waals surface area contributed by atoms with Crippen molar-refractivity contribution in [1.29, 1.82) is 0 Å². The fourth-order valence-corrected chi connectivity index (χ4v) is 10.8. The van der Waals surface area contributed by atoms with Crippen molar-refractivity contribution in [2.24, 2.45) is 22.5 Å². The molecule has 25 nitrogen and oxygen atoms in total. The number of alkyl carbamates (subject to hydrolysis) is 1. The van der Waals surface area contributed by atoms with E-state index < -0.39 is 82.6 Å². The Morgan fingerprint density at radius 2 is 1.12 bits per heavy atom. The van der Waals surface area contributed by atoms with Crippen molar-refractivity contribution >= 4 is 63.9 Å². The summed E-state index contributed by atoms with van der Waals surface area (Å²) in [6, 6.07) is 10.3. The van der Waals surface area contributed by atoms with Crippen molar-refractivity contribution in [3.05, 3.63) is 69.5 Å². The van der Waals surface area contributed by atoms with Gasteiger partial charge >= 0.3 is 92.1 Å². The number of primary amides is 1. The van der Waals surface area contributed by atoms with Gasteiger partial charge in [-0.1, -0.05) is 93.5 Å². The molecule has 0 spiro atoms. The summed E-state index contributed by atoms with van der Waals surface area (Å²) >= 11 is 0. The van der Waals surface area contributed by atoms with Crippen LogP contribution in [0.5, 0.6) is 0 Å². The first-order valence-electron chi connectivity index (χ1n) is 26.8. The van der Waals surface area contributed by atoms with Crippen LogP contribution in [0.25, 0.3) is 22.1 Å². The molecule has 2 aromatic carbocycles. The van der Waals surface area contributed by atoms with Gasteiger partial charge < -0.3 is 58.9 Å². The molecule has 0 radical (unpaired) electrons. The molecular formula is C57H92Li3N9O16. The fraction of sp³-hybridized carbons (Fsp3) is 0.632. The monoisotopic (exact) mass is 1180 g/mol. The minimum Gasteiger partial charge on any atom is -1.00 e. The van der Waals surface area contributed by atoms with Crippen LogP contribution in [0, 0.1) is 16.7 Å². The second-order valence-corrected chi connectivity index (χ2v) is 23.8. The van der Waals surface area contributed by atoms with Crippen molar-refractivity contribution in [2.75, 3.05) is 20.2 Å². The molecular weight excluding hydrogens is 1090 g/mol. The SMILES string of the molecule is C.C.CC(C)(C)[C@H](NC(=O)CC1CCCC1)C(=O)N1C[C@H](n2c(=O)[nH]c3ccccc32)C[C@H]1C(=O)O.CC(C)(C)[C@H](NC(=O)OC1CCCC1)C(N)=O.COC(=O)[C@@H]1CC(n2c(=O)[nH]c3ccccc32)CN1C(=O)OC(C)(C)C.OO.[H-].[H-].[Li+].[Li+].[Li+].[OH-]. The standard InChI is InChI=1S/C25H34N4O5.C18H23N3O5.C12H22N2O3.2CH4.3Li.H2O2.H2O.2H/c1-25(2,3)21(27-20(30)12-15-8-4-5-9-15)22(31)28-14-16(13-19(28)23(32)33)29-18-11-7-6-10-17(18)26-24(29)34;1-18(2,3)26-17(24)20-10-11(9-14(20)15(22)25-4)21-13-8-6-5-7-12(13)19-16(21)23;1-12(2,3)9(10(13)15)14-11(16)17-8-6-4-5-7-8;;;;;;1-2;;;/h6-7,10-11,15-16,19,21H,4-5,8-9,12-14H2,1-3H3,(H,26,34)(H,27,30)(H,32,33);5-8,11,14H,9-10H2,1-4H3,(H,19,23);8-9H,4-7H2,1-3H3,(H2,13,15)(H,14,16);2*1H4;;;;1-2H;1H2;;/q;;;;;3*+1;;;2*-1/p-1/t16-,19+,21-;11?,14-;9-;;;;;;;;;/m101........./s1. The number of esters is 1. The Morgan fingerprint density at radius 1 is 0.682 bits per heavy atom. The number of aliphatic carboxylic acids is 1. The topological polar surface area (TPSA) is 370 Å². The molecule has 2 saturated carbocycles. The number of benzene rings is 2. The van der Waals surface area contributed by atoms with Gasteiger partial charge in [0.1, 0.15) is 35.9 Å². The predicted molar refractivity (Wildman–Crippen MR) is 309 cm³/mol. The first kappa shape index (κ1) is 81.6. The summed E-state index contributed by atoms with van der Waals surface area (Å²) in [5.74, 6) is -2.43. The number of carboxylic acid groups (broad SMARTS) is 1. The van der Waals surface area contributed by atoms with E-state index in [4.69, 9.17) is 30.5 Å². The van der Waals surface area contributed by atoms with Gasteiger partial charge in [0, 0.05) is 32.4 Å². The number of methoxy groups -OCH3 is 1. The number of nitrogens with zero attached hydrogens (tertiary/aromatic N) is 4. The molecule has 1 unspecified atom stereocenters. The first-order chi connectivity index (χ1) is 37.1. The maximum absolute atomic E-state index is 13.7.